The Balaban J connectivity index is 0.00000529. The lowest BCUT2D eigenvalue weighted by Crippen LogP contribution is -2.34. The van der Waals surface area contributed by atoms with E-state index in [1.165, 1.54) is 0 Å². The molecule has 1 unspecified atom stereocenters. The van der Waals surface area contributed by atoms with Gasteiger partial charge in [-0.15, -0.1) is 24.0 Å². The molecule has 0 fully saturated rings. The molecule has 0 aliphatic carbocycles. The number of aliphatic imine (C=N–C) groups is 1. The lowest BCUT2D eigenvalue weighted by atomic mass is 10.0. The average Bonchev–Trinajstić information content (AvgIpc) is 2.50. The van der Waals surface area contributed by atoms with E-state index in [2.05, 4.69) is 43.2 Å². The zero-order valence-corrected chi connectivity index (χ0v) is 17.8. The van der Waals surface area contributed by atoms with E-state index in [1.54, 1.807) is 14.2 Å². The van der Waals surface area contributed by atoms with Gasteiger partial charge in [0.15, 0.2) is 17.5 Å². The molecule has 0 saturated carbocycles. The molecule has 1 aromatic rings. The van der Waals surface area contributed by atoms with Gasteiger partial charge >= 0.3 is 0 Å². The minimum absolute atomic E-state index is 0. The number of hydrogen-bond acceptors (Lipinski definition) is 4. The van der Waals surface area contributed by atoms with Crippen LogP contribution in [0.3, 0.4) is 0 Å². The van der Waals surface area contributed by atoms with Crippen molar-refractivity contribution in [3.63, 3.8) is 0 Å². The van der Waals surface area contributed by atoms with Crippen molar-refractivity contribution in [2.75, 3.05) is 40.2 Å². The highest BCUT2D eigenvalue weighted by Crippen LogP contribution is 2.29. The zero-order chi connectivity index (χ0) is 17.4. The first-order valence-electron chi connectivity index (χ1n) is 7.82. The fraction of sp³-hybridized carbons (Fsp3) is 0.588. The lowest BCUT2D eigenvalue weighted by Gasteiger charge is -2.24. The van der Waals surface area contributed by atoms with Crippen LogP contribution in [0, 0.1) is 5.92 Å². The molecule has 6 nitrogen and oxygen atoms in total. The second-order valence-electron chi connectivity index (χ2n) is 6.17. The monoisotopic (exact) mass is 450 g/mol. The van der Waals surface area contributed by atoms with Gasteiger partial charge in [0, 0.05) is 17.8 Å². The summed E-state index contributed by atoms with van der Waals surface area (Å²) in [5.74, 6) is 2.35. The number of hydrogen-bond donors (Lipinski definition) is 2. The molecule has 0 heterocycles. The molecule has 0 aromatic heterocycles. The molecule has 1 aromatic carbocycles. The van der Waals surface area contributed by atoms with Gasteiger partial charge in [0.1, 0.15) is 0 Å². The van der Waals surface area contributed by atoms with E-state index in [0.717, 1.165) is 12.1 Å². The number of nitrogens with one attached hydrogen (secondary N) is 1. The van der Waals surface area contributed by atoms with Crippen molar-refractivity contribution >= 4 is 35.6 Å². The van der Waals surface area contributed by atoms with Gasteiger partial charge in [0.2, 0.25) is 0 Å². The van der Waals surface area contributed by atoms with Gasteiger partial charge in [0.05, 0.1) is 20.8 Å². The summed E-state index contributed by atoms with van der Waals surface area (Å²) in [7, 11) is 7.35. The first-order chi connectivity index (χ1) is 10.9. The minimum atomic E-state index is 0. The zero-order valence-electron chi connectivity index (χ0n) is 15.5. The molecule has 0 aliphatic rings. The predicted molar refractivity (Wildman–Crippen MR) is 112 cm³/mol. The summed E-state index contributed by atoms with van der Waals surface area (Å²) in [6, 6.07) is 5.91. The molecule has 1 atom stereocenters. The number of benzene rings is 1. The van der Waals surface area contributed by atoms with Crippen LogP contribution in [0.5, 0.6) is 11.5 Å². The quantitative estimate of drug-likeness (QED) is 0.362. The second-order valence-corrected chi connectivity index (χ2v) is 6.17. The third-order valence-corrected chi connectivity index (χ3v) is 3.60. The number of ether oxygens (including phenoxy) is 2. The van der Waals surface area contributed by atoms with Gasteiger partial charge in [-0.1, -0.05) is 13.8 Å². The summed E-state index contributed by atoms with van der Waals surface area (Å²) in [6.45, 7) is 5.09. The maximum atomic E-state index is 6.00. The molecule has 0 bridgehead atoms. The van der Waals surface area contributed by atoms with E-state index in [0.29, 0.717) is 36.0 Å². The van der Waals surface area contributed by atoms with Crippen LogP contribution in [0.2, 0.25) is 0 Å². The number of likely N-dealkylation sites (N-methyl/N-ethyl adjacent to an activating group) is 1. The first-order valence-corrected chi connectivity index (χ1v) is 7.82. The van der Waals surface area contributed by atoms with Gasteiger partial charge in [-0.05, 0) is 38.6 Å². The number of halogens is 1. The van der Waals surface area contributed by atoms with Gasteiger partial charge in [0.25, 0.3) is 0 Å². The molecule has 138 valence electrons. The van der Waals surface area contributed by atoms with E-state index in [1.807, 2.05) is 18.2 Å². The van der Waals surface area contributed by atoms with Crippen LogP contribution in [0.15, 0.2) is 23.2 Å². The van der Waals surface area contributed by atoms with Crippen LogP contribution >= 0.6 is 24.0 Å². The Kier molecular flexibility index (Phi) is 10.8. The van der Waals surface area contributed by atoms with Crippen molar-refractivity contribution in [3.05, 3.63) is 18.2 Å². The van der Waals surface area contributed by atoms with Crippen molar-refractivity contribution in [1.29, 1.82) is 0 Å². The summed E-state index contributed by atoms with van der Waals surface area (Å²) in [4.78, 5) is 6.65. The van der Waals surface area contributed by atoms with Crippen molar-refractivity contribution in [3.8, 4) is 11.5 Å². The maximum Gasteiger partial charge on any atom is 0.193 e. The van der Waals surface area contributed by atoms with Crippen LogP contribution < -0.4 is 20.5 Å². The Hall–Kier alpha value is -1.22. The molecule has 0 spiro atoms. The number of nitrogens with two attached hydrogens (primary N) is 1. The van der Waals surface area contributed by atoms with E-state index in [9.17, 15) is 0 Å². The van der Waals surface area contributed by atoms with Crippen molar-refractivity contribution in [2.24, 2.45) is 16.6 Å². The molecule has 1 rings (SSSR count). The van der Waals surface area contributed by atoms with E-state index in [4.69, 9.17) is 15.2 Å². The third kappa shape index (κ3) is 7.57. The molecule has 24 heavy (non-hydrogen) atoms. The Morgan fingerprint density at radius 3 is 2.33 bits per heavy atom. The Morgan fingerprint density at radius 2 is 1.83 bits per heavy atom. The summed E-state index contributed by atoms with van der Waals surface area (Å²) < 4.78 is 10.5. The number of guanidine groups is 1. The molecular formula is C17H31IN4O2. The smallest absolute Gasteiger partial charge is 0.193 e. The minimum Gasteiger partial charge on any atom is -0.493 e. The normalized spacial score (nSPS) is 12.8. The van der Waals surface area contributed by atoms with E-state index >= 15 is 0 Å². The summed E-state index contributed by atoms with van der Waals surface area (Å²) in [5, 5.41) is 3.09. The van der Waals surface area contributed by atoms with Crippen LogP contribution in [-0.2, 0) is 0 Å². The topological polar surface area (TPSA) is 72.1 Å². The number of anilines is 1. The Morgan fingerprint density at radius 1 is 1.21 bits per heavy atom. The highest BCUT2D eigenvalue weighted by molar-refractivity contribution is 14.0. The summed E-state index contributed by atoms with van der Waals surface area (Å²) >= 11 is 0. The van der Waals surface area contributed by atoms with E-state index < -0.39 is 0 Å². The highest BCUT2D eigenvalue weighted by atomic mass is 127. The van der Waals surface area contributed by atoms with Crippen LogP contribution in [0.25, 0.3) is 0 Å². The van der Waals surface area contributed by atoms with Crippen molar-refractivity contribution in [2.45, 2.75) is 26.3 Å². The molecule has 0 amide bonds. The standard InChI is InChI=1S/C17H30N4O2.HI/c1-12(2)9-14(21(3)4)11-19-17(18)20-13-7-8-15(22-5)16(10-13)23-6;/h7-8,10,12,14H,9,11H2,1-6H3,(H3,18,19,20);1H. The Bertz CT molecular complexity index is 521. The SMILES string of the molecule is COc1ccc(NC(N)=NCC(CC(C)C)N(C)C)cc1OC.I. The van der Waals surface area contributed by atoms with Gasteiger partial charge in [-0.2, -0.15) is 0 Å². The molecule has 0 aliphatic heterocycles. The molecule has 3 N–H and O–H groups in total. The Labute approximate surface area is 162 Å². The first kappa shape index (κ1) is 22.8. The van der Waals surface area contributed by atoms with Crippen molar-refractivity contribution < 1.29 is 9.47 Å². The molecule has 7 heteroatoms. The summed E-state index contributed by atoms with van der Waals surface area (Å²) in [5.41, 5.74) is 6.81. The molecule has 0 saturated heterocycles. The van der Waals surface area contributed by atoms with Crippen LogP contribution in [0.4, 0.5) is 5.69 Å². The maximum absolute atomic E-state index is 6.00. The van der Waals surface area contributed by atoms with Gasteiger partial charge < -0.3 is 25.4 Å². The second kappa shape index (κ2) is 11.4. The number of rotatable bonds is 8. The van der Waals surface area contributed by atoms with E-state index in [-0.39, 0.29) is 24.0 Å². The van der Waals surface area contributed by atoms with Crippen molar-refractivity contribution in [1.82, 2.24) is 4.90 Å². The van der Waals surface area contributed by atoms with Crippen LogP contribution in [0.1, 0.15) is 20.3 Å². The van der Waals surface area contributed by atoms with Gasteiger partial charge in [-0.3, -0.25) is 4.99 Å². The average molecular weight is 450 g/mol. The summed E-state index contributed by atoms with van der Waals surface area (Å²) in [6.07, 6.45) is 1.08. The lowest BCUT2D eigenvalue weighted by molar-refractivity contribution is 0.261. The van der Waals surface area contributed by atoms with Crippen LogP contribution in [-0.4, -0.2) is 51.8 Å². The fourth-order valence-corrected chi connectivity index (χ4v) is 2.30. The predicted octanol–water partition coefficient (Wildman–Crippen LogP) is 3.02. The number of methoxy groups -OCH3 is 2. The number of nitrogens with zero attached hydrogens (tertiary/aromatic N) is 2. The fourth-order valence-electron chi connectivity index (χ4n) is 2.30. The van der Waals surface area contributed by atoms with Gasteiger partial charge in [-0.25, -0.2) is 0 Å². The highest BCUT2D eigenvalue weighted by Gasteiger charge is 2.13. The molecular weight excluding hydrogens is 419 g/mol. The third-order valence-electron chi connectivity index (χ3n) is 3.60. The molecule has 0 radical (unpaired) electrons. The largest absolute Gasteiger partial charge is 0.493 e.